The fraction of sp³-hybridized carbons (Fsp3) is 0.350. The van der Waals surface area contributed by atoms with E-state index in [2.05, 4.69) is 5.32 Å². The van der Waals surface area contributed by atoms with Crippen LogP contribution in [0.2, 0.25) is 0 Å². The summed E-state index contributed by atoms with van der Waals surface area (Å²) in [4.78, 5) is 12.4. The first-order valence-corrected chi connectivity index (χ1v) is 10.5. The minimum atomic E-state index is -3.51. The van der Waals surface area contributed by atoms with Gasteiger partial charge in [0.05, 0.1) is 24.7 Å². The van der Waals surface area contributed by atoms with E-state index in [0.29, 0.717) is 17.1 Å². The summed E-state index contributed by atoms with van der Waals surface area (Å²) >= 11 is 0. The number of carbonyl (C=O) groups excluding carboxylic acids is 1. The molecular weight excluding hydrogens is 364 g/mol. The third kappa shape index (κ3) is 5.72. The lowest BCUT2D eigenvalue weighted by atomic mass is 10.1. The van der Waals surface area contributed by atoms with Crippen LogP contribution in [0.5, 0.6) is 5.75 Å². The quantitative estimate of drug-likeness (QED) is 0.786. The Morgan fingerprint density at radius 2 is 1.67 bits per heavy atom. The summed E-state index contributed by atoms with van der Waals surface area (Å²) in [5.41, 5.74) is 4.05. The van der Waals surface area contributed by atoms with Crippen molar-refractivity contribution in [2.75, 3.05) is 29.5 Å². The first-order chi connectivity index (χ1) is 12.6. The Hall–Kier alpha value is -2.54. The molecule has 2 rings (SSSR count). The number of amides is 1. The second-order valence-corrected chi connectivity index (χ2v) is 8.59. The molecule has 0 unspecified atom stereocenters. The van der Waals surface area contributed by atoms with Crippen molar-refractivity contribution in [1.29, 1.82) is 0 Å². The molecule has 0 radical (unpaired) electrons. The van der Waals surface area contributed by atoms with Gasteiger partial charge in [-0.15, -0.1) is 0 Å². The van der Waals surface area contributed by atoms with Crippen molar-refractivity contribution < 1.29 is 17.9 Å². The number of nitrogens with one attached hydrogen (secondary N) is 1. The Morgan fingerprint density at radius 1 is 1.04 bits per heavy atom. The number of nitrogens with zero attached hydrogens (tertiary/aromatic N) is 1. The smallest absolute Gasteiger partial charge is 0.232 e. The molecule has 146 valence electrons. The topological polar surface area (TPSA) is 75.7 Å². The predicted molar refractivity (Wildman–Crippen MR) is 109 cm³/mol. The minimum Gasteiger partial charge on any atom is -0.495 e. The zero-order valence-electron chi connectivity index (χ0n) is 16.4. The van der Waals surface area contributed by atoms with E-state index in [1.165, 1.54) is 11.4 Å². The van der Waals surface area contributed by atoms with Crippen LogP contribution in [0.4, 0.5) is 11.4 Å². The standard InChI is InChI=1S/C20H26N2O4S/c1-14-6-7-19(26-4)18(13-14)21-20(23)8-9-22(27(5,24)25)17-11-15(2)10-16(3)12-17/h6-7,10-13H,8-9H2,1-5H3,(H,21,23). The van der Waals surface area contributed by atoms with E-state index in [1.54, 1.807) is 18.2 Å². The first kappa shape index (κ1) is 20.8. The van der Waals surface area contributed by atoms with Crippen molar-refractivity contribution >= 4 is 27.3 Å². The Bertz CT molecular complexity index is 919. The summed E-state index contributed by atoms with van der Waals surface area (Å²) in [6.07, 6.45) is 1.17. The molecule has 6 nitrogen and oxygen atoms in total. The van der Waals surface area contributed by atoms with Gasteiger partial charge in [0.2, 0.25) is 15.9 Å². The fourth-order valence-corrected chi connectivity index (χ4v) is 3.83. The van der Waals surface area contributed by atoms with Gasteiger partial charge in [-0.2, -0.15) is 0 Å². The largest absolute Gasteiger partial charge is 0.495 e. The van der Waals surface area contributed by atoms with Crippen LogP contribution in [-0.4, -0.2) is 34.2 Å². The van der Waals surface area contributed by atoms with Gasteiger partial charge in [0, 0.05) is 13.0 Å². The molecule has 0 fully saturated rings. The Labute approximate surface area is 161 Å². The van der Waals surface area contributed by atoms with Crippen molar-refractivity contribution in [3.63, 3.8) is 0 Å². The maximum atomic E-state index is 12.4. The summed E-state index contributed by atoms with van der Waals surface area (Å²) in [5, 5.41) is 2.80. The number of ether oxygens (including phenoxy) is 1. The van der Waals surface area contributed by atoms with Crippen LogP contribution in [0.25, 0.3) is 0 Å². The van der Waals surface area contributed by atoms with Gasteiger partial charge in [-0.1, -0.05) is 12.1 Å². The van der Waals surface area contributed by atoms with Gasteiger partial charge in [-0.25, -0.2) is 8.42 Å². The average molecular weight is 391 g/mol. The van der Waals surface area contributed by atoms with E-state index in [9.17, 15) is 13.2 Å². The van der Waals surface area contributed by atoms with Gasteiger partial charge in [0.15, 0.2) is 0 Å². The highest BCUT2D eigenvalue weighted by Crippen LogP contribution is 2.26. The number of hydrogen-bond donors (Lipinski definition) is 1. The van der Waals surface area contributed by atoms with E-state index in [4.69, 9.17) is 4.74 Å². The average Bonchev–Trinajstić information content (AvgIpc) is 2.53. The molecule has 0 atom stereocenters. The summed E-state index contributed by atoms with van der Waals surface area (Å²) in [6, 6.07) is 11.1. The lowest BCUT2D eigenvalue weighted by Gasteiger charge is -2.23. The lowest BCUT2D eigenvalue weighted by molar-refractivity contribution is -0.116. The van der Waals surface area contributed by atoms with Crippen LogP contribution in [0.15, 0.2) is 36.4 Å². The summed E-state index contributed by atoms with van der Waals surface area (Å²) in [5.74, 6) is 0.278. The number of hydrogen-bond acceptors (Lipinski definition) is 4. The van der Waals surface area contributed by atoms with Gasteiger partial charge in [-0.3, -0.25) is 9.10 Å². The number of sulfonamides is 1. The van der Waals surface area contributed by atoms with E-state index < -0.39 is 10.0 Å². The SMILES string of the molecule is COc1ccc(C)cc1NC(=O)CCN(c1cc(C)cc(C)c1)S(C)(=O)=O. The van der Waals surface area contributed by atoms with Crippen molar-refractivity contribution in [2.24, 2.45) is 0 Å². The Balaban J connectivity index is 2.16. The van der Waals surface area contributed by atoms with Crippen LogP contribution in [0.3, 0.4) is 0 Å². The molecule has 0 spiro atoms. The number of rotatable bonds is 7. The molecule has 0 saturated heterocycles. The molecule has 1 amide bonds. The molecule has 0 aliphatic carbocycles. The molecule has 1 N–H and O–H groups in total. The summed E-state index contributed by atoms with van der Waals surface area (Å²) in [6.45, 7) is 5.80. The molecule has 0 heterocycles. The Morgan fingerprint density at radius 3 is 2.22 bits per heavy atom. The fourth-order valence-electron chi connectivity index (χ4n) is 2.92. The highest BCUT2D eigenvalue weighted by atomic mass is 32.2. The molecule has 7 heteroatoms. The molecule has 0 aliphatic rings. The van der Waals surface area contributed by atoms with Gasteiger partial charge < -0.3 is 10.1 Å². The molecule has 2 aromatic rings. The normalized spacial score (nSPS) is 11.1. The molecule has 2 aromatic carbocycles. The molecule has 0 bridgehead atoms. The lowest BCUT2D eigenvalue weighted by Crippen LogP contribution is -2.33. The maximum absolute atomic E-state index is 12.4. The molecule has 0 aliphatic heterocycles. The van der Waals surface area contributed by atoms with Crippen LogP contribution in [0, 0.1) is 20.8 Å². The zero-order chi connectivity index (χ0) is 20.2. The van der Waals surface area contributed by atoms with Crippen LogP contribution < -0.4 is 14.4 Å². The molecule has 0 saturated carbocycles. The van der Waals surface area contributed by atoms with Crippen LogP contribution >= 0.6 is 0 Å². The van der Waals surface area contributed by atoms with Crippen molar-refractivity contribution in [3.05, 3.63) is 53.1 Å². The molecule has 27 heavy (non-hydrogen) atoms. The third-order valence-electron chi connectivity index (χ3n) is 4.07. The predicted octanol–water partition coefficient (Wildman–Crippen LogP) is 3.42. The van der Waals surface area contributed by atoms with Crippen molar-refractivity contribution in [1.82, 2.24) is 0 Å². The Kier molecular flexibility index (Phi) is 6.49. The van der Waals surface area contributed by atoms with Crippen LogP contribution in [0.1, 0.15) is 23.1 Å². The number of methoxy groups -OCH3 is 1. The van der Waals surface area contributed by atoms with Gasteiger partial charge in [-0.05, 0) is 61.7 Å². The molecular formula is C20H26N2O4S. The van der Waals surface area contributed by atoms with Gasteiger partial charge in [0.1, 0.15) is 5.75 Å². The monoisotopic (exact) mass is 390 g/mol. The third-order valence-corrected chi connectivity index (χ3v) is 5.26. The highest BCUT2D eigenvalue weighted by Gasteiger charge is 2.19. The summed E-state index contributed by atoms with van der Waals surface area (Å²) < 4.78 is 31.0. The van der Waals surface area contributed by atoms with E-state index >= 15 is 0 Å². The maximum Gasteiger partial charge on any atom is 0.232 e. The van der Waals surface area contributed by atoms with Crippen LogP contribution in [-0.2, 0) is 14.8 Å². The highest BCUT2D eigenvalue weighted by molar-refractivity contribution is 7.92. The first-order valence-electron chi connectivity index (χ1n) is 8.60. The number of anilines is 2. The number of aryl methyl sites for hydroxylation is 3. The molecule has 0 aromatic heterocycles. The van der Waals surface area contributed by atoms with Gasteiger partial charge >= 0.3 is 0 Å². The van der Waals surface area contributed by atoms with Gasteiger partial charge in [0.25, 0.3) is 0 Å². The second kappa shape index (κ2) is 8.43. The van der Waals surface area contributed by atoms with E-state index in [-0.39, 0.29) is 18.9 Å². The van der Waals surface area contributed by atoms with Crippen molar-refractivity contribution in [3.8, 4) is 5.75 Å². The number of benzene rings is 2. The van der Waals surface area contributed by atoms with E-state index in [1.807, 2.05) is 39.0 Å². The minimum absolute atomic E-state index is 0.0250. The summed E-state index contributed by atoms with van der Waals surface area (Å²) in [7, 11) is -1.98. The number of carbonyl (C=O) groups is 1. The van der Waals surface area contributed by atoms with E-state index in [0.717, 1.165) is 22.9 Å². The van der Waals surface area contributed by atoms with Crippen molar-refractivity contribution in [2.45, 2.75) is 27.2 Å². The second-order valence-electron chi connectivity index (χ2n) is 6.68. The zero-order valence-corrected chi connectivity index (χ0v) is 17.2.